The monoisotopic (exact) mass is 454 g/mol. The van der Waals surface area contributed by atoms with Crippen LogP contribution in [0.1, 0.15) is 11.1 Å². The lowest BCUT2D eigenvalue weighted by Gasteiger charge is -2.34. The number of halogens is 1. The van der Waals surface area contributed by atoms with Crippen molar-refractivity contribution in [3.8, 4) is 5.75 Å². The molecule has 4 heterocycles. The summed E-state index contributed by atoms with van der Waals surface area (Å²) in [7, 11) is 0. The zero-order valence-corrected chi connectivity index (χ0v) is 18.1. The van der Waals surface area contributed by atoms with Crippen LogP contribution in [0.2, 0.25) is 0 Å². The van der Waals surface area contributed by atoms with Crippen molar-refractivity contribution in [1.82, 2.24) is 14.8 Å². The Morgan fingerprint density at radius 1 is 1.12 bits per heavy atom. The van der Waals surface area contributed by atoms with E-state index in [1.54, 1.807) is 12.4 Å². The number of pyridine rings is 1. The zero-order valence-electron chi connectivity index (χ0n) is 17.3. The summed E-state index contributed by atoms with van der Waals surface area (Å²) in [6, 6.07) is 11.2. The number of aliphatic imine (C=N–C) groups is 2. The van der Waals surface area contributed by atoms with Crippen LogP contribution in [0.25, 0.3) is 0 Å². The molecule has 1 saturated heterocycles. The van der Waals surface area contributed by atoms with Crippen LogP contribution in [0.3, 0.4) is 0 Å². The molecule has 3 aliphatic heterocycles. The molecular formula is C22H23ClN6O3. The Labute approximate surface area is 191 Å². The van der Waals surface area contributed by atoms with Gasteiger partial charge in [0.2, 0.25) is 5.90 Å². The summed E-state index contributed by atoms with van der Waals surface area (Å²) in [5.41, 5.74) is 8.28. The Bertz CT molecular complexity index is 1090. The van der Waals surface area contributed by atoms with Gasteiger partial charge in [-0.2, -0.15) is 4.99 Å². The number of carbonyl (C=O) groups is 1. The van der Waals surface area contributed by atoms with Gasteiger partial charge < -0.3 is 25.0 Å². The van der Waals surface area contributed by atoms with Gasteiger partial charge in [-0.15, -0.1) is 12.4 Å². The third-order valence-corrected chi connectivity index (χ3v) is 5.42. The molecule has 0 bridgehead atoms. The standard InChI is InChI=1S/C22H22N6O3.ClH/c23-22(26-19-6-1-2-8-24-19)28-11-9-27(10-12-28)14-17-21(29)31-20(25-17)16-4-3-5-18-15(16)7-13-30-18;/h1-6,8,14H,7,9-13H2,(H2,23,24,26);1H. The molecule has 5 rings (SSSR count). The lowest BCUT2D eigenvalue weighted by Crippen LogP contribution is -2.49. The van der Waals surface area contributed by atoms with Crippen molar-refractivity contribution in [3.05, 3.63) is 65.6 Å². The lowest BCUT2D eigenvalue weighted by atomic mass is 10.1. The van der Waals surface area contributed by atoms with E-state index < -0.39 is 5.97 Å². The van der Waals surface area contributed by atoms with Crippen LogP contribution in [-0.2, 0) is 16.0 Å². The van der Waals surface area contributed by atoms with E-state index in [4.69, 9.17) is 15.2 Å². The smallest absolute Gasteiger partial charge is 0.365 e. The highest BCUT2D eigenvalue weighted by Gasteiger charge is 2.29. The third-order valence-electron chi connectivity index (χ3n) is 5.42. The fourth-order valence-electron chi connectivity index (χ4n) is 3.80. The fourth-order valence-corrected chi connectivity index (χ4v) is 3.80. The van der Waals surface area contributed by atoms with Crippen LogP contribution in [-0.4, -0.2) is 65.4 Å². The van der Waals surface area contributed by atoms with Gasteiger partial charge in [-0.1, -0.05) is 12.1 Å². The van der Waals surface area contributed by atoms with Gasteiger partial charge in [0.15, 0.2) is 17.5 Å². The number of guanidine groups is 1. The Morgan fingerprint density at radius 3 is 2.75 bits per heavy atom. The first-order valence-electron chi connectivity index (χ1n) is 10.2. The number of aromatic nitrogens is 1. The highest BCUT2D eigenvalue weighted by atomic mass is 35.5. The molecule has 1 fully saturated rings. The summed E-state index contributed by atoms with van der Waals surface area (Å²) in [6.45, 7) is 3.37. The van der Waals surface area contributed by atoms with Gasteiger partial charge in [0.05, 0.1) is 6.61 Å². The molecule has 0 aliphatic carbocycles. The molecule has 166 valence electrons. The van der Waals surface area contributed by atoms with Crippen molar-refractivity contribution in [3.63, 3.8) is 0 Å². The Balaban J connectivity index is 0.00000245. The molecule has 10 heteroatoms. The molecule has 0 amide bonds. The number of hydrogen-bond donors (Lipinski definition) is 1. The molecular weight excluding hydrogens is 432 g/mol. The average molecular weight is 455 g/mol. The SMILES string of the molecule is Cl.NC(=Nc1ccccn1)N1CCN(C=C2N=C(c3cccc4c3CCO4)OC2=O)CC1. The minimum Gasteiger partial charge on any atom is -0.493 e. The maximum Gasteiger partial charge on any atom is 0.365 e. The largest absolute Gasteiger partial charge is 0.493 e. The van der Waals surface area contributed by atoms with E-state index in [2.05, 4.69) is 15.0 Å². The fraction of sp³-hybridized carbons (Fsp3) is 0.273. The number of cyclic esters (lactones) is 1. The third kappa shape index (κ3) is 4.38. The number of rotatable bonds is 3. The maximum absolute atomic E-state index is 12.4. The summed E-state index contributed by atoms with van der Waals surface area (Å²) in [5, 5.41) is 0. The highest BCUT2D eigenvalue weighted by Crippen LogP contribution is 2.30. The number of piperazine rings is 1. The molecule has 2 N–H and O–H groups in total. The minimum absolute atomic E-state index is 0. The van der Waals surface area contributed by atoms with Crippen LogP contribution in [0.15, 0.2) is 64.5 Å². The van der Waals surface area contributed by atoms with Crippen LogP contribution < -0.4 is 10.5 Å². The van der Waals surface area contributed by atoms with Crippen molar-refractivity contribution < 1.29 is 14.3 Å². The average Bonchev–Trinajstić information content (AvgIpc) is 3.41. The topological polar surface area (TPSA) is 106 Å². The van der Waals surface area contributed by atoms with E-state index in [-0.39, 0.29) is 12.4 Å². The van der Waals surface area contributed by atoms with Gasteiger partial charge in [-0.3, -0.25) is 0 Å². The van der Waals surface area contributed by atoms with Crippen LogP contribution in [0, 0.1) is 0 Å². The zero-order chi connectivity index (χ0) is 21.2. The van der Waals surface area contributed by atoms with Gasteiger partial charge in [0.25, 0.3) is 0 Å². The summed E-state index contributed by atoms with van der Waals surface area (Å²) in [4.78, 5) is 29.4. The number of esters is 1. The number of nitrogens with zero attached hydrogens (tertiary/aromatic N) is 5. The predicted octanol–water partition coefficient (Wildman–Crippen LogP) is 1.85. The number of benzene rings is 1. The maximum atomic E-state index is 12.4. The van der Waals surface area contributed by atoms with E-state index in [0.29, 0.717) is 56.2 Å². The number of hydrogen-bond acceptors (Lipinski definition) is 7. The van der Waals surface area contributed by atoms with E-state index >= 15 is 0 Å². The summed E-state index contributed by atoms with van der Waals surface area (Å²) in [5.74, 6) is 1.74. The van der Waals surface area contributed by atoms with Crippen LogP contribution >= 0.6 is 12.4 Å². The Kier molecular flexibility index (Phi) is 6.27. The molecule has 3 aliphatic rings. The molecule has 0 spiro atoms. The van der Waals surface area contributed by atoms with Crippen molar-refractivity contribution >= 4 is 36.1 Å². The van der Waals surface area contributed by atoms with Gasteiger partial charge in [0.1, 0.15) is 5.75 Å². The number of fused-ring (bicyclic) bond motifs is 1. The van der Waals surface area contributed by atoms with Crippen molar-refractivity contribution in [1.29, 1.82) is 0 Å². The van der Waals surface area contributed by atoms with Crippen LogP contribution in [0.4, 0.5) is 5.82 Å². The Morgan fingerprint density at radius 2 is 1.97 bits per heavy atom. The summed E-state index contributed by atoms with van der Waals surface area (Å²) < 4.78 is 11.1. The quantitative estimate of drug-likeness (QED) is 0.326. The first kappa shape index (κ1) is 21.6. The van der Waals surface area contributed by atoms with E-state index in [1.165, 1.54) is 0 Å². The predicted molar refractivity (Wildman–Crippen MR) is 122 cm³/mol. The number of ether oxygens (including phenoxy) is 2. The first-order valence-corrected chi connectivity index (χ1v) is 10.2. The Hall–Kier alpha value is -3.59. The molecule has 32 heavy (non-hydrogen) atoms. The minimum atomic E-state index is -0.440. The highest BCUT2D eigenvalue weighted by molar-refractivity contribution is 6.11. The van der Waals surface area contributed by atoms with Gasteiger partial charge in [0, 0.05) is 56.1 Å². The first-order chi connectivity index (χ1) is 15.2. The van der Waals surface area contributed by atoms with Gasteiger partial charge in [-0.05, 0) is 24.3 Å². The van der Waals surface area contributed by atoms with E-state index in [0.717, 1.165) is 23.3 Å². The molecule has 0 radical (unpaired) electrons. The summed E-state index contributed by atoms with van der Waals surface area (Å²) >= 11 is 0. The molecule has 1 aromatic heterocycles. The van der Waals surface area contributed by atoms with Gasteiger partial charge in [-0.25, -0.2) is 14.8 Å². The molecule has 0 saturated carbocycles. The lowest BCUT2D eigenvalue weighted by molar-refractivity contribution is -0.130. The molecule has 2 aromatic rings. The normalized spacial score (nSPS) is 19.2. The number of carbonyl (C=O) groups excluding carboxylic acids is 1. The molecule has 0 unspecified atom stereocenters. The second kappa shape index (κ2) is 9.27. The molecule has 9 nitrogen and oxygen atoms in total. The molecule has 1 aromatic carbocycles. The van der Waals surface area contributed by atoms with Crippen molar-refractivity contribution in [2.75, 3.05) is 32.8 Å². The number of nitrogens with two attached hydrogens (primary N) is 1. The summed E-state index contributed by atoms with van der Waals surface area (Å²) in [6.07, 6.45) is 4.23. The van der Waals surface area contributed by atoms with Gasteiger partial charge >= 0.3 is 5.97 Å². The van der Waals surface area contributed by atoms with Crippen LogP contribution in [0.5, 0.6) is 5.75 Å². The molecule has 0 atom stereocenters. The van der Waals surface area contributed by atoms with E-state index in [1.807, 2.05) is 46.2 Å². The van der Waals surface area contributed by atoms with Crippen molar-refractivity contribution in [2.45, 2.75) is 6.42 Å². The van der Waals surface area contributed by atoms with E-state index in [9.17, 15) is 4.79 Å². The van der Waals surface area contributed by atoms with Crippen molar-refractivity contribution in [2.24, 2.45) is 15.7 Å². The second-order valence-electron chi connectivity index (χ2n) is 7.38. The second-order valence-corrected chi connectivity index (χ2v) is 7.38.